The molecule has 0 bridgehead atoms. The largest absolute Gasteiger partial charge is 0.370 e. The first-order valence-electron chi connectivity index (χ1n) is 14.0. The number of amides is 2. The molecule has 3 saturated heterocycles. The molecule has 0 aliphatic carbocycles. The molecule has 38 heavy (non-hydrogen) atoms. The van der Waals surface area contributed by atoms with Crippen molar-refractivity contribution in [3.8, 4) is 0 Å². The van der Waals surface area contributed by atoms with Crippen LogP contribution in [0.4, 0.5) is 11.4 Å². The van der Waals surface area contributed by atoms with Gasteiger partial charge in [0.25, 0.3) is 0 Å². The monoisotopic (exact) mass is 514 g/mol. The second-order valence-corrected chi connectivity index (χ2v) is 11.3. The zero-order valence-electron chi connectivity index (χ0n) is 22.7. The fraction of sp³-hybridized carbons (Fsp3) is 0.500. The van der Waals surface area contributed by atoms with Gasteiger partial charge in [-0.05, 0) is 51.3 Å². The number of benzene rings is 2. The van der Waals surface area contributed by atoms with Crippen LogP contribution in [0.15, 0.2) is 42.5 Å². The number of nitrogens with one attached hydrogen (secondary N) is 1. The molecule has 200 valence electrons. The van der Waals surface area contributed by atoms with Gasteiger partial charge in [-0.15, -0.1) is 0 Å². The van der Waals surface area contributed by atoms with Crippen LogP contribution in [-0.4, -0.2) is 71.3 Å². The van der Waals surface area contributed by atoms with Gasteiger partial charge in [0.15, 0.2) is 0 Å². The van der Waals surface area contributed by atoms with Crippen LogP contribution in [-0.2, 0) is 16.6 Å². The van der Waals surface area contributed by atoms with Crippen molar-refractivity contribution < 1.29 is 9.59 Å². The lowest BCUT2D eigenvalue weighted by atomic mass is 9.92. The number of hydrogen-bond acceptors (Lipinski definition) is 6. The Morgan fingerprint density at radius 3 is 2.39 bits per heavy atom. The fourth-order valence-corrected chi connectivity index (χ4v) is 6.75. The van der Waals surface area contributed by atoms with E-state index in [1.807, 2.05) is 11.7 Å². The van der Waals surface area contributed by atoms with Crippen LogP contribution in [0.3, 0.4) is 0 Å². The van der Waals surface area contributed by atoms with Gasteiger partial charge in [0.1, 0.15) is 0 Å². The molecule has 4 heterocycles. The molecule has 0 radical (unpaired) electrons. The Morgan fingerprint density at radius 1 is 0.921 bits per heavy atom. The summed E-state index contributed by atoms with van der Waals surface area (Å²) in [5.41, 5.74) is 5.68. The van der Waals surface area contributed by atoms with Crippen LogP contribution >= 0.6 is 0 Å². The summed E-state index contributed by atoms with van der Waals surface area (Å²) >= 11 is 0. The Bertz CT molecular complexity index is 1340. The summed E-state index contributed by atoms with van der Waals surface area (Å²) in [6, 6.07) is 16.4. The molecule has 3 aliphatic heterocycles. The van der Waals surface area contributed by atoms with Gasteiger partial charge >= 0.3 is 0 Å². The maximum absolute atomic E-state index is 12.6. The van der Waals surface area contributed by atoms with Crippen LogP contribution < -0.4 is 15.1 Å². The molecule has 2 amide bonds. The third-order valence-corrected chi connectivity index (χ3v) is 8.79. The van der Waals surface area contributed by atoms with Crippen LogP contribution in [0.25, 0.3) is 10.9 Å². The molecule has 0 spiro atoms. The number of rotatable bonds is 4. The van der Waals surface area contributed by atoms with Gasteiger partial charge < -0.3 is 9.80 Å². The summed E-state index contributed by atoms with van der Waals surface area (Å²) in [6.07, 6.45) is 3.16. The van der Waals surface area contributed by atoms with Gasteiger partial charge in [-0.3, -0.25) is 24.5 Å². The highest BCUT2D eigenvalue weighted by Gasteiger charge is 2.34. The molecule has 3 aromatic rings. The van der Waals surface area contributed by atoms with Gasteiger partial charge in [0.2, 0.25) is 11.8 Å². The predicted molar refractivity (Wildman–Crippen MR) is 151 cm³/mol. The molecular formula is C30H38N6O2. The Hall–Kier alpha value is -3.39. The third-order valence-electron chi connectivity index (χ3n) is 8.79. The Balaban J connectivity index is 1.14. The van der Waals surface area contributed by atoms with E-state index in [9.17, 15) is 9.59 Å². The van der Waals surface area contributed by atoms with E-state index in [2.05, 4.69) is 76.3 Å². The zero-order chi connectivity index (χ0) is 26.4. The van der Waals surface area contributed by atoms with Crippen molar-refractivity contribution in [2.45, 2.75) is 57.5 Å². The Labute approximate surface area is 224 Å². The van der Waals surface area contributed by atoms with E-state index >= 15 is 0 Å². The Kier molecular flexibility index (Phi) is 6.60. The minimum absolute atomic E-state index is 0.194. The summed E-state index contributed by atoms with van der Waals surface area (Å²) in [5, 5.41) is 8.29. The van der Waals surface area contributed by atoms with Crippen LogP contribution in [0.2, 0.25) is 0 Å². The summed E-state index contributed by atoms with van der Waals surface area (Å²) in [7, 11) is 1.96. The van der Waals surface area contributed by atoms with Gasteiger partial charge in [-0.25, -0.2) is 0 Å². The average molecular weight is 515 g/mol. The van der Waals surface area contributed by atoms with Crippen LogP contribution in [0.1, 0.15) is 49.8 Å². The normalized spacial score (nSPS) is 23.8. The number of aromatic nitrogens is 2. The summed E-state index contributed by atoms with van der Waals surface area (Å²) in [6.45, 7) is 9.78. The second kappa shape index (κ2) is 10.1. The van der Waals surface area contributed by atoms with Crippen LogP contribution in [0.5, 0.6) is 0 Å². The number of piperazine rings is 1. The number of imide groups is 1. The number of nitrogens with zero attached hydrogens (tertiary/aromatic N) is 5. The number of piperidine rings is 2. The number of carbonyl (C=O) groups excluding carboxylic acids is 2. The topological polar surface area (TPSA) is 73.7 Å². The summed E-state index contributed by atoms with van der Waals surface area (Å²) in [4.78, 5) is 32.0. The van der Waals surface area contributed by atoms with Crippen molar-refractivity contribution in [3.05, 3.63) is 53.7 Å². The summed E-state index contributed by atoms with van der Waals surface area (Å²) in [5.74, 6) is -0.803. The molecule has 2 atom stereocenters. The highest BCUT2D eigenvalue weighted by Crippen LogP contribution is 2.36. The maximum atomic E-state index is 12.6. The molecule has 6 rings (SSSR count). The lowest BCUT2D eigenvalue weighted by Crippen LogP contribution is -2.57. The highest BCUT2D eigenvalue weighted by molar-refractivity contribution is 6.03. The molecule has 8 nitrogen and oxygen atoms in total. The molecular weight excluding hydrogens is 476 g/mol. The first-order chi connectivity index (χ1) is 18.4. The minimum atomic E-state index is -0.377. The smallest absolute Gasteiger partial charge is 0.235 e. The van der Waals surface area contributed by atoms with E-state index in [0.717, 1.165) is 62.2 Å². The fourth-order valence-electron chi connectivity index (χ4n) is 6.75. The predicted octanol–water partition coefficient (Wildman–Crippen LogP) is 3.58. The van der Waals surface area contributed by atoms with E-state index in [1.165, 1.54) is 16.9 Å². The maximum Gasteiger partial charge on any atom is 0.235 e. The highest BCUT2D eigenvalue weighted by atomic mass is 16.2. The SMILES string of the molecule is Cc1ccc(N2CCN(C3CCN(c4cccc5c(C6CCC(=O)NC6=O)nn(C)c45)CC3)[C@H](C)C2)cc1. The van der Waals surface area contributed by atoms with Gasteiger partial charge in [-0.1, -0.05) is 29.8 Å². The minimum Gasteiger partial charge on any atom is -0.370 e. The first kappa shape index (κ1) is 24.9. The van der Waals surface area contributed by atoms with Crippen molar-refractivity contribution >= 4 is 34.1 Å². The first-order valence-corrected chi connectivity index (χ1v) is 14.0. The molecule has 3 fully saturated rings. The number of para-hydroxylation sites is 1. The third kappa shape index (κ3) is 4.55. The summed E-state index contributed by atoms with van der Waals surface area (Å²) < 4.78 is 1.92. The van der Waals surface area contributed by atoms with Crippen molar-refractivity contribution in [1.82, 2.24) is 20.0 Å². The zero-order valence-corrected chi connectivity index (χ0v) is 22.7. The van der Waals surface area contributed by atoms with Gasteiger partial charge in [0, 0.05) is 69.3 Å². The number of fused-ring (bicyclic) bond motifs is 1. The van der Waals surface area contributed by atoms with E-state index in [-0.39, 0.29) is 17.7 Å². The van der Waals surface area contributed by atoms with Gasteiger partial charge in [-0.2, -0.15) is 5.10 Å². The standard InChI is InChI=1S/C30H38N6O2/c1-20-7-9-22(10-8-20)35-17-18-36(21(2)19-35)23-13-15-34(16-14-23)26-6-4-5-24-28(32-33(3)29(24)26)25-11-12-27(37)31-30(25)38/h4-10,21,23,25H,11-19H2,1-3H3,(H,31,37,38)/t21-,25?/m1/s1. The van der Waals surface area contributed by atoms with Crippen LogP contribution in [0, 0.1) is 6.92 Å². The quantitative estimate of drug-likeness (QED) is 0.537. The lowest BCUT2D eigenvalue weighted by Gasteiger charge is -2.47. The molecule has 1 aromatic heterocycles. The molecule has 1 unspecified atom stereocenters. The van der Waals surface area contributed by atoms with E-state index in [0.29, 0.717) is 24.9 Å². The molecule has 1 N–H and O–H groups in total. The van der Waals surface area contributed by atoms with E-state index < -0.39 is 0 Å². The number of anilines is 2. The molecule has 2 aromatic carbocycles. The molecule has 0 saturated carbocycles. The van der Waals surface area contributed by atoms with Crippen molar-refractivity contribution in [2.75, 3.05) is 42.5 Å². The number of hydrogen-bond donors (Lipinski definition) is 1. The Morgan fingerprint density at radius 2 is 1.68 bits per heavy atom. The lowest BCUT2D eigenvalue weighted by molar-refractivity contribution is -0.134. The van der Waals surface area contributed by atoms with Crippen molar-refractivity contribution in [1.29, 1.82) is 0 Å². The average Bonchev–Trinajstić information content (AvgIpc) is 3.25. The molecule has 8 heteroatoms. The van der Waals surface area contributed by atoms with Crippen molar-refractivity contribution in [2.24, 2.45) is 7.05 Å². The molecule has 3 aliphatic rings. The second-order valence-electron chi connectivity index (χ2n) is 11.3. The van der Waals surface area contributed by atoms with Crippen molar-refractivity contribution in [3.63, 3.8) is 0 Å². The van der Waals surface area contributed by atoms with E-state index in [4.69, 9.17) is 5.10 Å². The van der Waals surface area contributed by atoms with E-state index in [1.54, 1.807) is 0 Å². The number of carbonyl (C=O) groups is 2. The number of aryl methyl sites for hydroxylation is 2. The van der Waals surface area contributed by atoms with Gasteiger partial charge in [0.05, 0.1) is 22.8 Å².